The highest BCUT2D eigenvalue weighted by atomic mass is 32.2. The van der Waals surface area contributed by atoms with Gasteiger partial charge < -0.3 is 19.7 Å². The van der Waals surface area contributed by atoms with Gasteiger partial charge in [-0.05, 0) is 56.5 Å². The SMILES string of the molecule is CCC(C(=O)Nc1ccc2c(c1)OCO2)N(Cc1ccccc1C)C(=O)CSc1nc(C)cc(C)n1. The number of benzene rings is 2. The average Bonchev–Trinajstić information content (AvgIpc) is 3.31. The lowest BCUT2D eigenvalue weighted by molar-refractivity contribution is -0.137. The summed E-state index contributed by atoms with van der Waals surface area (Å²) >= 11 is 1.28. The molecule has 1 aliphatic rings. The molecule has 0 aliphatic carbocycles. The van der Waals surface area contributed by atoms with Crippen molar-refractivity contribution < 1.29 is 19.1 Å². The number of nitrogens with zero attached hydrogens (tertiary/aromatic N) is 3. The zero-order chi connectivity index (χ0) is 25.7. The van der Waals surface area contributed by atoms with Gasteiger partial charge in [-0.25, -0.2) is 9.97 Å². The molecule has 1 unspecified atom stereocenters. The van der Waals surface area contributed by atoms with Crippen LogP contribution in [0, 0.1) is 20.8 Å². The summed E-state index contributed by atoms with van der Waals surface area (Å²) in [5.41, 5.74) is 4.34. The molecule has 0 spiro atoms. The molecule has 1 aliphatic heterocycles. The Labute approximate surface area is 215 Å². The number of ether oxygens (including phenoxy) is 2. The number of rotatable bonds is 9. The number of hydrogen-bond acceptors (Lipinski definition) is 7. The molecular weight excluding hydrogens is 476 g/mol. The van der Waals surface area contributed by atoms with Crippen LogP contribution in [0.25, 0.3) is 0 Å². The van der Waals surface area contributed by atoms with Gasteiger partial charge in [0.05, 0.1) is 5.75 Å². The Morgan fingerprint density at radius 3 is 2.47 bits per heavy atom. The molecule has 2 heterocycles. The molecule has 188 valence electrons. The van der Waals surface area contributed by atoms with E-state index < -0.39 is 6.04 Å². The molecule has 8 nitrogen and oxygen atoms in total. The molecule has 4 rings (SSSR count). The number of thioether (sulfide) groups is 1. The third kappa shape index (κ3) is 6.15. The summed E-state index contributed by atoms with van der Waals surface area (Å²) in [4.78, 5) is 37.5. The molecule has 0 saturated carbocycles. The molecule has 0 radical (unpaired) electrons. The minimum atomic E-state index is -0.664. The Morgan fingerprint density at radius 2 is 1.75 bits per heavy atom. The molecule has 1 N–H and O–H groups in total. The molecule has 1 aromatic heterocycles. The van der Waals surface area contributed by atoms with E-state index >= 15 is 0 Å². The van der Waals surface area contributed by atoms with E-state index in [2.05, 4.69) is 15.3 Å². The standard InChI is InChI=1S/C27H30N4O4S/c1-5-22(26(33)30-21-10-11-23-24(13-21)35-16-34-23)31(14-20-9-7-6-8-17(20)2)25(32)15-36-27-28-18(3)12-19(4)29-27/h6-13,22H,5,14-16H2,1-4H3,(H,30,33). The van der Waals surface area contributed by atoms with Crippen LogP contribution in [-0.2, 0) is 16.1 Å². The van der Waals surface area contributed by atoms with Gasteiger partial charge in [-0.2, -0.15) is 0 Å². The zero-order valence-electron chi connectivity index (χ0n) is 20.9. The molecule has 0 fully saturated rings. The second kappa shape index (κ2) is 11.4. The number of carbonyl (C=O) groups is 2. The number of hydrogen-bond donors (Lipinski definition) is 1. The summed E-state index contributed by atoms with van der Waals surface area (Å²) in [6.45, 7) is 8.20. The first-order valence-electron chi connectivity index (χ1n) is 11.8. The highest BCUT2D eigenvalue weighted by molar-refractivity contribution is 7.99. The summed E-state index contributed by atoms with van der Waals surface area (Å²) < 4.78 is 10.8. The van der Waals surface area contributed by atoms with E-state index in [1.165, 1.54) is 11.8 Å². The fourth-order valence-electron chi connectivity index (χ4n) is 4.06. The maximum absolute atomic E-state index is 13.5. The van der Waals surface area contributed by atoms with Gasteiger partial charge in [0.25, 0.3) is 0 Å². The summed E-state index contributed by atoms with van der Waals surface area (Å²) in [5, 5.41) is 3.50. The lowest BCUT2D eigenvalue weighted by Crippen LogP contribution is -2.47. The third-order valence-electron chi connectivity index (χ3n) is 5.91. The van der Waals surface area contributed by atoms with E-state index in [1.807, 2.05) is 58.0 Å². The first-order chi connectivity index (χ1) is 17.3. The summed E-state index contributed by atoms with van der Waals surface area (Å²) in [7, 11) is 0. The van der Waals surface area contributed by atoms with Crippen molar-refractivity contribution in [3.63, 3.8) is 0 Å². The van der Waals surface area contributed by atoms with Crippen molar-refractivity contribution in [3.05, 3.63) is 71.0 Å². The van der Waals surface area contributed by atoms with E-state index in [9.17, 15) is 9.59 Å². The van der Waals surface area contributed by atoms with E-state index in [-0.39, 0.29) is 24.4 Å². The topological polar surface area (TPSA) is 93.7 Å². The fraction of sp³-hybridized carbons (Fsp3) is 0.333. The molecule has 36 heavy (non-hydrogen) atoms. The minimum absolute atomic E-state index is 0.128. The van der Waals surface area contributed by atoms with Crippen molar-refractivity contribution >= 4 is 29.3 Å². The maximum atomic E-state index is 13.5. The second-order valence-electron chi connectivity index (χ2n) is 8.65. The average molecular weight is 507 g/mol. The first kappa shape index (κ1) is 25.5. The minimum Gasteiger partial charge on any atom is -0.454 e. The van der Waals surface area contributed by atoms with Crippen molar-refractivity contribution in [2.75, 3.05) is 17.9 Å². The Balaban J connectivity index is 1.55. The molecule has 2 amide bonds. The highest BCUT2D eigenvalue weighted by Crippen LogP contribution is 2.34. The molecule has 2 aromatic carbocycles. The Bertz CT molecular complexity index is 1250. The summed E-state index contributed by atoms with van der Waals surface area (Å²) in [5.74, 6) is 0.938. The number of anilines is 1. The molecule has 3 aromatic rings. The predicted octanol–water partition coefficient (Wildman–Crippen LogP) is 4.67. The Morgan fingerprint density at radius 1 is 1.03 bits per heavy atom. The van der Waals surface area contributed by atoms with Crippen LogP contribution in [0.3, 0.4) is 0 Å². The van der Waals surface area contributed by atoms with Crippen LogP contribution in [0.5, 0.6) is 11.5 Å². The molecular formula is C27H30N4O4S. The van der Waals surface area contributed by atoms with Crippen LogP contribution in [0.1, 0.15) is 35.9 Å². The van der Waals surface area contributed by atoms with E-state index in [1.54, 1.807) is 23.1 Å². The number of nitrogens with one attached hydrogen (secondary N) is 1. The molecule has 9 heteroatoms. The number of aromatic nitrogens is 2. The maximum Gasteiger partial charge on any atom is 0.247 e. The second-order valence-corrected chi connectivity index (χ2v) is 9.59. The number of fused-ring (bicyclic) bond motifs is 1. The smallest absolute Gasteiger partial charge is 0.247 e. The van der Waals surface area contributed by atoms with Gasteiger partial charge in [0, 0.05) is 29.7 Å². The van der Waals surface area contributed by atoms with E-state index in [4.69, 9.17) is 9.47 Å². The monoisotopic (exact) mass is 506 g/mol. The van der Waals surface area contributed by atoms with Crippen LogP contribution in [0.2, 0.25) is 0 Å². The number of amides is 2. The number of aryl methyl sites for hydroxylation is 3. The normalized spacial score (nSPS) is 12.8. The van der Waals surface area contributed by atoms with Gasteiger partial charge >= 0.3 is 0 Å². The Hall–Kier alpha value is -3.59. The van der Waals surface area contributed by atoms with Gasteiger partial charge in [0.1, 0.15) is 6.04 Å². The van der Waals surface area contributed by atoms with Crippen molar-refractivity contribution in [2.24, 2.45) is 0 Å². The van der Waals surface area contributed by atoms with Gasteiger partial charge in [0.2, 0.25) is 18.6 Å². The highest BCUT2D eigenvalue weighted by Gasteiger charge is 2.29. The quantitative estimate of drug-likeness (QED) is 0.333. The van der Waals surface area contributed by atoms with Crippen LogP contribution in [-0.4, -0.2) is 45.3 Å². The van der Waals surface area contributed by atoms with Gasteiger partial charge in [-0.15, -0.1) is 0 Å². The van der Waals surface area contributed by atoms with Crippen LogP contribution >= 0.6 is 11.8 Å². The lowest BCUT2D eigenvalue weighted by Gasteiger charge is -2.31. The van der Waals surface area contributed by atoms with E-state index in [0.717, 1.165) is 22.5 Å². The lowest BCUT2D eigenvalue weighted by atomic mass is 10.1. The van der Waals surface area contributed by atoms with Crippen molar-refractivity contribution in [3.8, 4) is 11.5 Å². The van der Waals surface area contributed by atoms with E-state index in [0.29, 0.717) is 35.3 Å². The summed E-state index contributed by atoms with van der Waals surface area (Å²) in [6, 6.07) is 14.4. The number of carbonyl (C=O) groups excluding carboxylic acids is 2. The van der Waals surface area contributed by atoms with Gasteiger partial charge in [-0.1, -0.05) is 43.0 Å². The molecule has 1 atom stereocenters. The van der Waals surface area contributed by atoms with Crippen molar-refractivity contribution in [2.45, 2.75) is 51.9 Å². The largest absolute Gasteiger partial charge is 0.454 e. The Kier molecular flexibility index (Phi) is 8.10. The van der Waals surface area contributed by atoms with Crippen molar-refractivity contribution in [1.29, 1.82) is 0 Å². The molecule has 0 bridgehead atoms. The van der Waals surface area contributed by atoms with Gasteiger partial charge in [0.15, 0.2) is 16.7 Å². The van der Waals surface area contributed by atoms with Gasteiger partial charge in [-0.3, -0.25) is 9.59 Å². The van der Waals surface area contributed by atoms with Crippen LogP contribution in [0.4, 0.5) is 5.69 Å². The predicted molar refractivity (Wildman–Crippen MR) is 139 cm³/mol. The zero-order valence-corrected chi connectivity index (χ0v) is 21.7. The van der Waals surface area contributed by atoms with Crippen LogP contribution < -0.4 is 14.8 Å². The molecule has 0 saturated heterocycles. The fourth-order valence-corrected chi connectivity index (χ4v) is 4.89. The van der Waals surface area contributed by atoms with Crippen molar-refractivity contribution in [1.82, 2.24) is 14.9 Å². The van der Waals surface area contributed by atoms with Crippen LogP contribution in [0.15, 0.2) is 53.7 Å². The summed E-state index contributed by atoms with van der Waals surface area (Å²) in [6.07, 6.45) is 0.457. The first-order valence-corrected chi connectivity index (χ1v) is 12.8. The third-order valence-corrected chi connectivity index (χ3v) is 6.75.